The summed E-state index contributed by atoms with van der Waals surface area (Å²) in [6, 6.07) is 10.8. The molecule has 2 aliphatic rings. The summed E-state index contributed by atoms with van der Waals surface area (Å²) in [6.45, 7) is 10.8. The number of rotatable bonds is 9. The van der Waals surface area contributed by atoms with Gasteiger partial charge in [0.1, 0.15) is 0 Å². The number of benzene rings is 2. The first-order valence-electron chi connectivity index (χ1n) is 13.3. The summed E-state index contributed by atoms with van der Waals surface area (Å²) in [5.41, 5.74) is 3.66. The normalized spacial score (nSPS) is 16.7. The first-order chi connectivity index (χ1) is 19.2. The average Bonchev–Trinajstić information content (AvgIpc) is 3.71. The topological polar surface area (TPSA) is 125 Å². The van der Waals surface area contributed by atoms with Gasteiger partial charge in [0.2, 0.25) is 5.91 Å². The van der Waals surface area contributed by atoms with Crippen LogP contribution in [0, 0.1) is 20.8 Å². The van der Waals surface area contributed by atoms with Crippen molar-refractivity contribution in [3.63, 3.8) is 0 Å². The van der Waals surface area contributed by atoms with Gasteiger partial charge in [-0.3, -0.25) is 14.4 Å². The van der Waals surface area contributed by atoms with E-state index in [1.165, 1.54) is 0 Å². The van der Waals surface area contributed by atoms with Gasteiger partial charge in [0.15, 0.2) is 0 Å². The Bertz CT molecular complexity index is 1340. The molecule has 2 aromatic rings. The number of ether oxygens (including phenoxy) is 1. The van der Waals surface area contributed by atoms with Crippen molar-refractivity contribution in [3.05, 3.63) is 58.7 Å². The van der Waals surface area contributed by atoms with Gasteiger partial charge in [0.25, 0.3) is 10.0 Å². The molecule has 0 spiro atoms. The predicted octanol–water partition coefficient (Wildman–Crippen LogP) is 3.92. The highest BCUT2D eigenvalue weighted by Gasteiger charge is 2.51. The van der Waals surface area contributed by atoms with Gasteiger partial charge in [-0.2, -0.15) is 13.2 Å². The number of anilines is 1. The van der Waals surface area contributed by atoms with Crippen molar-refractivity contribution in [2.45, 2.75) is 56.5 Å². The lowest BCUT2D eigenvalue weighted by molar-refractivity contribution is -0.192. The molecule has 0 aromatic heterocycles. The van der Waals surface area contributed by atoms with Gasteiger partial charge in [0, 0.05) is 25.3 Å². The second-order valence-electron chi connectivity index (χ2n) is 10.3. The van der Waals surface area contributed by atoms with Crippen molar-refractivity contribution in [1.82, 2.24) is 10.2 Å². The molecule has 0 atom stereocenters. The van der Waals surface area contributed by atoms with E-state index in [0.717, 1.165) is 74.4 Å². The largest absolute Gasteiger partial charge is 0.490 e. The zero-order chi connectivity index (χ0) is 30.4. The molecule has 2 aromatic carbocycles. The second-order valence-corrected chi connectivity index (χ2v) is 12.0. The zero-order valence-corrected chi connectivity index (χ0v) is 24.1. The zero-order valence-electron chi connectivity index (χ0n) is 23.3. The molecule has 3 N–H and O–H groups in total. The third-order valence-corrected chi connectivity index (χ3v) is 8.76. The van der Waals surface area contributed by atoms with Crippen molar-refractivity contribution in [3.8, 4) is 0 Å². The van der Waals surface area contributed by atoms with Crippen LogP contribution in [0.1, 0.15) is 41.5 Å². The quantitative estimate of drug-likeness (QED) is 0.373. The molecule has 41 heavy (non-hydrogen) atoms. The van der Waals surface area contributed by atoms with Gasteiger partial charge >= 0.3 is 12.1 Å². The van der Waals surface area contributed by atoms with Crippen LogP contribution < -0.4 is 10.0 Å². The van der Waals surface area contributed by atoms with Crippen molar-refractivity contribution in [2.75, 3.05) is 44.1 Å². The molecule has 0 bridgehead atoms. The highest BCUT2D eigenvalue weighted by Crippen LogP contribution is 2.48. The number of hydrogen-bond acceptors (Lipinski definition) is 6. The number of halogens is 3. The Balaban J connectivity index is 0.000000587. The molecular formula is C28H36F3N3O6S. The first-order valence-corrected chi connectivity index (χ1v) is 14.7. The lowest BCUT2D eigenvalue weighted by Crippen LogP contribution is -2.39. The van der Waals surface area contributed by atoms with Crippen LogP contribution in [0.4, 0.5) is 18.9 Å². The lowest BCUT2D eigenvalue weighted by Gasteiger charge is -2.26. The molecule has 4 rings (SSSR count). The Labute approximate surface area is 238 Å². The van der Waals surface area contributed by atoms with Gasteiger partial charge in [-0.15, -0.1) is 0 Å². The fourth-order valence-electron chi connectivity index (χ4n) is 4.56. The number of carboxylic acids is 1. The van der Waals surface area contributed by atoms with Crippen LogP contribution in [0.3, 0.4) is 0 Å². The maximum Gasteiger partial charge on any atom is 0.490 e. The van der Waals surface area contributed by atoms with E-state index >= 15 is 0 Å². The van der Waals surface area contributed by atoms with E-state index in [0.29, 0.717) is 12.2 Å². The third kappa shape index (κ3) is 8.66. The van der Waals surface area contributed by atoms with Gasteiger partial charge in [0.05, 0.1) is 23.5 Å². The molecule has 0 radical (unpaired) electrons. The van der Waals surface area contributed by atoms with Crippen LogP contribution in [0.15, 0.2) is 41.3 Å². The number of carbonyl (C=O) groups is 2. The second kappa shape index (κ2) is 13.2. The molecule has 0 unspecified atom stereocenters. The van der Waals surface area contributed by atoms with Crippen molar-refractivity contribution < 1.29 is 41.0 Å². The summed E-state index contributed by atoms with van der Waals surface area (Å²) in [4.78, 5) is 24.5. The van der Waals surface area contributed by atoms with Gasteiger partial charge in [-0.05, 0) is 87.0 Å². The van der Waals surface area contributed by atoms with Crippen LogP contribution in [0.5, 0.6) is 0 Å². The molecule has 1 saturated heterocycles. The van der Waals surface area contributed by atoms with E-state index in [-0.39, 0.29) is 10.8 Å². The number of amides is 1. The molecule has 1 amide bonds. The minimum Gasteiger partial charge on any atom is -0.475 e. The smallest absolute Gasteiger partial charge is 0.475 e. The summed E-state index contributed by atoms with van der Waals surface area (Å²) in [6.07, 6.45) is -2.54. The number of nitrogens with zero attached hydrogens (tertiary/aromatic N) is 1. The number of morpholine rings is 1. The highest BCUT2D eigenvalue weighted by molar-refractivity contribution is 7.92. The summed E-state index contributed by atoms with van der Waals surface area (Å²) < 4.78 is 65.7. The number of aryl methyl sites for hydroxylation is 3. The summed E-state index contributed by atoms with van der Waals surface area (Å²) in [5, 5.41) is 10.2. The standard InChI is InChI=1S/C26H35N3O4S.C2HF3O2/c1-19-17-21(3)24(18-20(19)2)34(31,32)28-23-7-5-22(6-8-23)26(9-10-26)25(30)27-11-4-12-29-13-15-33-16-14-29;3-2(4,5)1(6)7/h5-8,17-18,28H,4,9-16H2,1-3H3,(H,27,30);(H,6,7). The average molecular weight is 600 g/mol. The number of hydrogen-bond donors (Lipinski definition) is 3. The Hall–Kier alpha value is -3.16. The Morgan fingerprint density at radius 3 is 2.10 bits per heavy atom. The Morgan fingerprint density at radius 1 is 1.00 bits per heavy atom. The molecule has 1 aliphatic carbocycles. The molecule has 1 heterocycles. The molecule has 226 valence electrons. The fourth-order valence-corrected chi connectivity index (χ4v) is 5.93. The molecular weight excluding hydrogens is 563 g/mol. The van der Waals surface area contributed by atoms with Gasteiger partial charge in [-0.1, -0.05) is 18.2 Å². The molecule has 13 heteroatoms. The molecule has 9 nitrogen and oxygen atoms in total. The molecule has 2 fully saturated rings. The van der Waals surface area contributed by atoms with Crippen LogP contribution in [-0.4, -0.2) is 75.9 Å². The van der Waals surface area contributed by atoms with Crippen LogP contribution in [-0.2, 0) is 29.8 Å². The van der Waals surface area contributed by atoms with E-state index < -0.39 is 27.6 Å². The molecule has 1 saturated carbocycles. The van der Waals surface area contributed by atoms with Crippen LogP contribution in [0.25, 0.3) is 0 Å². The van der Waals surface area contributed by atoms with E-state index in [1.807, 2.05) is 32.0 Å². The van der Waals surface area contributed by atoms with Crippen molar-refractivity contribution in [1.29, 1.82) is 0 Å². The maximum atomic E-state index is 13.0. The minimum absolute atomic E-state index is 0.0635. The van der Waals surface area contributed by atoms with Gasteiger partial charge < -0.3 is 15.2 Å². The minimum atomic E-state index is -5.08. The van der Waals surface area contributed by atoms with Crippen LogP contribution >= 0.6 is 0 Å². The highest BCUT2D eigenvalue weighted by atomic mass is 32.2. The number of carboxylic acid groups (broad SMARTS) is 1. The van der Waals surface area contributed by atoms with Gasteiger partial charge in [-0.25, -0.2) is 13.2 Å². The molecule has 1 aliphatic heterocycles. The number of nitrogens with one attached hydrogen (secondary N) is 2. The Kier molecular flexibility index (Phi) is 10.4. The third-order valence-electron chi connectivity index (χ3n) is 7.24. The summed E-state index contributed by atoms with van der Waals surface area (Å²) in [5.74, 6) is -2.69. The number of alkyl halides is 3. The van der Waals surface area contributed by atoms with Crippen LogP contribution in [0.2, 0.25) is 0 Å². The van der Waals surface area contributed by atoms with E-state index in [1.54, 1.807) is 25.1 Å². The first kappa shape index (κ1) is 32.4. The van der Waals surface area contributed by atoms with Crippen molar-refractivity contribution >= 4 is 27.6 Å². The maximum absolute atomic E-state index is 13.0. The fraction of sp³-hybridized carbons (Fsp3) is 0.500. The monoisotopic (exact) mass is 599 g/mol. The van der Waals surface area contributed by atoms with E-state index in [9.17, 15) is 26.4 Å². The SMILES string of the molecule is Cc1cc(C)c(S(=O)(=O)Nc2ccc(C3(C(=O)NCCCN4CCOCC4)CC3)cc2)cc1C.O=C(O)C(F)(F)F. The van der Waals surface area contributed by atoms with E-state index in [4.69, 9.17) is 14.6 Å². The number of carbonyl (C=O) groups excluding carboxylic acids is 1. The predicted molar refractivity (Wildman–Crippen MR) is 147 cm³/mol. The van der Waals surface area contributed by atoms with Crippen molar-refractivity contribution in [2.24, 2.45) is 0 Å². The summed E-state index contributed by atoms with van der Waals surface area (Å²) >= 11 is 0. The number of sulfonamides is 1. The van der Waals surface area contributed by atoms with E-state index in [2.05, 4.69) is 14.9 Å². The lowest BCUT2D eigenvalue weighted by atomic mass is 9.95. The summed E-state index contributed by atoms with van der Waals surface area (Å²) in [7, 11) is -3.70. The Morgan fingerprint density at radius 2 is 1.56 bits per heavy atom. The number of aliphatic carboxylic acids is 1.